The number of aliphatic carboxylic acids is 1. The Morgan fingerprint density at radius 2 is 1.94 bits per heavy atom. The number of hydrogen-bond acceptors (Lipinski definition) is 3. The van der Waals surface area contributed by atoms with E-state index in [1.165, 1.54) is 13.2 Å². The van der Waals surface area contributed by atoms with Gasteiger partial charge in [0.1, 0.15) is 0 Å². The van der Waals surface area contributed by atoms with Crippen LogP contribution in [0.3, 0.4) is 0 Å². The number of rotatable bonds is 3. The quantitative estimate of drug-likeness (QED) is 0.848. The van der Waals surface area contributed by atoms with Gasteiger partial charge in [0.2, 0.25) is 0 Å². The summed E-state index contributed by atoms with van der Waals surface area (Å²) < 4.78 is 5.04. The number of ether oxygens (including phenoxy) is 1. The van der Waals surface area contributed by atoms with Crippen molar-refractivity contribution in [1.29, 1.82) is 0 Å². The standard InChI is InChI=1S/C13H18O4/c1-13(2,3)9-7-11(17-4)10(14)5-8(9)6-12(15)16/h5,7,14H,6H2,1-4H3,(H,15,16). The lowest BCUT2D eigenvalue weighted by Gasteiger charge is -2.23. The van der Waals surface area contributed by atoms with Crippen molar-refractivity contribution >= 4 is 5.97 Å². The van der Waals surface area contributed by atoms with Crippen molar-refractivity contribution in [1.82, 2.24) is 0 Å². The second kappa shape index (κ2) is 4.65. The third-order valence-corrected chi connectivity index (χ3v) is 2.55. The summed E-state index contributed by atoms with van der Waals surface area (Å²) in [5, 5.41) is 18.5. The summed E-state index contributed by atoms with van der Waals surface area (Å²) in [5.74, 6) is -0.583. The normalized spacial score (nSPS) is 11.3. The Bertz CT molecular complexity index is 430. The maximum absolute atomic E-state index is 10.8. The van der Waals surface area contributed by atoms with Crippen molar-refractivity contribution in [2.24, 2.45) is 0 Å². The van der Waals surface area contributed by atoms with Gasteiger partial charge in [0.25, 0.3) is 0 Å². The minimum Gasteiger partial charge on any atom is -0.504 e. The Morgan fingerprint density at radius 3 is 2.35 bits per heavy atom. The molecule has 0 aliphatic carbocycles. The molecule has 0 amide bonds. The van der Waals surface area contributed by atoms with E-state index in [9.17, 15) is 9.90 Å². The number of phenolic OH excluding ortho intramolecular Hbond substituents is 1. The molecule has 1 aromatic carbocycles. The molecule has 1 aromatic rings. The predicted molar refractivity (Wildman–Crippen MR) is 64.7 cm³/mol. The zero-order valence-corrected chi connectivity index (χ0v) is 10.6. The summed E-state index contributed by atoms with van der Waals surface area (Å²) in [4.78, 5) is 10.8. The van der Waals surface area contributed by atoms with Crippen LogP contribution in [-0.4, -0.2) is 23.3 Å². The Labute approximate surface area is 101 Å². The molecule has 0 saturated carbocycles. The van der Waals surface area contributed by atoms with Gasteiger partial charge in [-0.1, -0.05) is 20.8 Å². The summed E-state index contributed by atoms with van der Waals surface area (Å²) in [6.07, 6.45) is -0.107. The molecule has 0 saturated heterocycles. The number of aromatic hydroxyl groups is 1. The van der Waals surface area contributed by atoms with Gasteiger partial charge in [-0.15, -0.1) is 0 Å². The van der Waals surface area contributed by atoms with Crippen LogP contribution in [0.15, 0.2) is 12.1 Å². The fourth-order valence-corrected chi connectivity index (χ4v) is 1.78. The summed E-state index contributed by atoms with van der Waals surface area (Å²) in [7, 11) is 1.47. The zero-order chi connectivity index (χ0) is 13.2. The van der Waals surface area contributed by atoms with E-state index in [0.29, 0.717) is 11.3 Å². The summed E-state index contributed by atoms with van der Waals surface area (Å²) in [6, 6.07) is 3.17. The van der Waals surface area contributed by atoms with Crippen molar-refractivity contribution < 1.29 is 19.7 Å². The van der Waals surface area contributed by atoms with Gasteiger partial charge in [-0.2, -0.15) is 0 Å². The Kier molecular flexibility index (Phi) is 3.66. The van der Waals surface area contributed by atoms with Crippen LogP contribution >= 0.6 is 0 Å². The van der Waals surface area contributed by atoms with Gasteiger partial charge >= 0.3 is 5.97 Å². The molecular formula is C13H18O4. The lowest BCUT2D eigenvalue weighted by Crippen LogP contribution is -2.16. The summed E-state index contributed by atoms with van der Waals surface area (Å²) in [6.45, 7) is 5.97. The first-order chi connectivity index (χ1) is 7.75. The number of benzene rings is 1. The smallest absolute Gasteiger partial charge is 0.307 e. The molecule has 0 unspecified atom stereocenters. The van der Waals surface area contributed by atoms with E-state index < -0.39 is 5.97 Å². The highest BCUT2D eigenvalue weighted by Gasteiger charge is 2.21. The molecule has 0 bridgehead atoms. The number of hydrogen-bond donors (Lipinski definition) is 2. The first kappa shape index (κ1) is 13.4. The topological polar surface area (TPSA) is 66.8 Å². The molecule has 4 heteroatoms. The van der Waals surface area contributed by atoms with Gasteiger partial charge in [-0.05, 0) is 28.7 Å². The van der Waals surface area contributed by atoms with Gasteiger partial charge in [0.05, 0.1) is 13.5 Å². The molecule has 0 aromatic heterocycles. The van der Waals surface area contributed by atoms with E-state index in [1.807, 2.05) is 20.8 Å². The van der Waals surface area contributed by atoms with Crippen LogP contribution in [0.2, 0.25) is 0 Å². The molecule has 0 spiro atoms. The van der Waals surface area contributed by atoms with E-state index in [4.69, 9.17) is 9.84 Å². The second-order valence-corrected chi connectivity index (χ2v) is 5.00. The molecule has 4 nitrogen and oxygen atoms in total. The van der Waals surface area contributed by atoms with Crippen LogP contribution in [0, 0.1) is 0 Å². The van der Waals surface area contributed by atoms with Crippen molar-refractivity contribution in [2.45, 2.75) is 32.6 Å². The van der Waals surface area contributed by atoms with Crippen molar-refractivity contribution in [3.05, 3.63) is 23.3 Å². The molecule has 0 atom stereocenters. The maximum atomic E-state index is 10.8. The van der Waals surface area contributed by atoms with E-state index in [2.05, 4.69) is 0 Å². The van der Waals surface area contributed by atoms with Gasteiger partial charge in [-0.3, -0.25) is 4.79 Å². The number of methoxy groups -OCH3 is 1. The van der Waals surface area contributed by atoms with Crippen molar-refractivity contribution in [3.63, 3.8) is 0 Å². The molecule has 0 fully saturated rings. The molecule has 0 aliphatic rings. The molecule has 17 heavy (non-hydrogen) atoms. The number of carboxylic acids is 1. The minimum absolute atomic E-state index is 0.0308. The van der Waals surface area contributed by atoms with Gasteiger partial charge in [0, 0.05) is 0 Å². The van der Waals surface area contributed by atoms with Crippen molar-refractivity contribution in [2.75, 3.05) is 7.11 Å². The highest BCUT2D eigenvalue weighted by atomic mass is 16.5. The third kappa shape index (κ3) is 3.12. The van der Waals surface area contributed by atoms with Gasteiger partial charge < -0.3 is 14.9 Å². The van der Waals surface area contributed by atoms with Gasteiger partial charge in [-0.25, -0.2) is 0 Å². The molecule has 0 aliphatic heterocycles. The van der Waals surface area contributed by atoms with Crippen LogP contribution in [-0.2, 0) is 16.6 Å². The number of carbonyl (C=O) groups is 1. The minimum atomic E-state index is -0.917. The Balaban J connectivity index is 3.36. The largest absolute Gasteiger partial charge is 0.504 e. The average Bonchev–Trinajstić information content (AvgIpc) is 2.14. The van der Waals surface area contributed by atoms with Crippen molar-refractivity contribution in [3.8, 4) is 11.5 Å². The van der Waals surface area contributed by atoms with Crippen LogP contribution in [0.25, 0.3) is 0 Å². The monoisotopic (exact) mass is 238 g/mol. The summed E-state index contributed by atoms with van der Waals surface area (Å²) >= 11 is 0. The average molecular weight is 238 g/mol. The van der Waals surface area contributed by atoms with E-state index in [-0.39, 0.29) is 17.6 Å². The molecule has 94 valence electrons. The van der Waals surface area contributed by atoms with E-state index in [1.54, 1.807) is 6.07 Å². The van der Waals surface area contributed by atoms with Crippen LogP contribution in [0.5, 0.6) is 11.5 Å². The third-order valence-electron chi connectivity index (χ3n) is 2.55. The summed E-state index contributed by atoms with van der Waals surface area (Å²) in [5.41, 5.74) is 1.28. The highest BCUT2D eigenvalue weighted by Crippen LogP contribution is 2.35. The predicted octanol–water partition coefficient (Wildman–Crippen LogP) is 2.33. The van der Waals surface area contributed by atoms with Gasteiger partial charge in [0.15, 0.2) is 11.5 Å². The van der Waals surface area contributed by atoms with Crippen LogP contribution < -0.4 is 4.74 Å². The lowest BCUT2D eigenvalue weighted by atomic mass is 9.82. The lowest BCUT2D eigenvalue weighted by molar-refractivity contribution is -0.136. The SMILES string of the molecule is COc1cc(C(C)(C)C)c(CC(=O)O)cc1O. The highest BCUT2D eigenvalue weighted by molar-refractivity contribution is 5.71. The zero-order valence-electron chi connectivity index (χ0n) is 10.6. The van der Waals surface area contributed by atoms with Crippen LogP contribution in [0.1, 0.15) is 31.9 Å². The molecule has 2 N–H and O–H groups in total. The fraction of sp³-hybridized carbons (Fsp3) is 0.462. The second-order valence-electron chi connectivity index (χ2n) is 5.00. The van der Waals surface area contributed by atoms with E-state index in [0.717, 1.165) is 5.56 Å². The number of phenols is 1. The molecule has 0 radical (unpaired) electrons. The number of carboxylic acid groups (broad SMARTS) is 1. The Hall–Kier alpha value is -1.71. The fourth-order valence-electron chi connectivity index (χ4n) is 1.78. The Morgan fingerprint density at radius 1 is 1.35 bits per heavy atom. The molecular weight excluding hydrogens is 220 g/mol. The maximum Gasteiger partial charge on any atom is 0.307 e. The first-order valence-electron chi connectivity index (χ1n) is 5.38. The molecule has 0 heterocycles. The first-order valence-corrected chi connectivity index (χ1v) is 5.38. The van der Waals surface area contributed by atoms with Crippen LogP contribution in [0.4, 0.5) is 0 Å². The van der Waals surface area contributed by atoms with E-state index >= 15 is 0 Å². The molecule has 1 rings (SSSR count).